The minimum Gasteiger partial charge on any atom is -0.302 e. The fourth-order valence-corrected chi connectivity index (χ4v) is 3.63. The average Bonchev–Trinajstić information content (AvgIpc) is 2.78. The zero-order chi connectivity index (χ0) is 16.5. The van der Waals surface area contributed by atoms with Crippen LogP contribution >= 0.6 is 11.3 Å². The number of aromatic nitrogens is 1. The number of fused-ring (bicyclic) bond motifs is 1. The number of nitrogens with zero attached hydrogens (tertiary/aromatic N) is 1. The molecule has 7 heteroatoms. The number of rotatable bonds is 2. The molecule has 0 radical (unpaired) electrons. The number of hydrogen-bond acceptors (Lipinski definition) is 5. The van der Waals surface area contributed by atoms with E-state index in [2.05, 4.69) is 41.4 Å². The van der Waals surface area contributed by atoms with Crippen LogP contribution in [0, 0.1) is 17.4 Å². The summed E-state index contributed by atoms with van der Waals surface area (Å²) < 4.78 is 0. The molecule has 1 amide bonds. The van der Waals surface area contributed by atoms with Crippen molar-refractivity contribution >= 4 is 42.0 Å². The van der Waals surface area contributed by atoms with E-state index in [4.69, 9.17) is 0 Å². The molecule has 1 N–H and O–H groups in total. The molecule has 0 spiro atoms. The lowest BCUT2D eigenvalue weighted by Crippen LogP contribution is -2.28. The molecule has 1 aromatic rings. The molecule has 1 heterocycles. The fraction of sp³-hybridized carbons (Fsp3) is 0.467. The van der Waals surface area contributed by atoms with Crippen molar-refractivity contribution in [3.8, 4) is 11.5 Å². The number of anilines is 1. The van der Waals surface area contributed by atoms with E-state index in [0.29, 0.717) is 28.5 Å². The maximum absolute atomic E-state index is 12.5. The van der Waals surface area contributed by atoms with Gasteiger partial charge in [-0.1, -0.05) is 31.0 Å². The summed E-state index contributed by atoms with van der Waals surface area (Å²) in [5, 5.41) is 2.99. The zero-order valence-electron chi connectivity index (χ0n) is 13.1. The van der Waals surface area contributed by atoms with Crippen LogP contribution in [0.15, 0.2) is 0 Å². The molecule has 0 saturated carbocycles. The van der Waals surface area contributed by atoms with Gasteiger partial charge in [-0.25, -0.2) is 4.98 Å². The SMILES string of the molecule is CC(=O)Nc1nc2c(s1)C(=O)C(C(=O)C#C[Si](C)(C)C)CC2. The maximum Gasteiger partial charge on any atom is 0.223 e. The monoisotopic (exact) mass is 334 g/mol. The quantitative estimate of drug-likeness (QED) is 0.511. The molecule has 1 aliphatic rings. The molecule has 0 aromatic carbocycles. The van der Waals surface area contributed by atoms with Crippen molar-refractivity contribution in [2.75, 3.05) is 5.32 Å². The van der Waals surface area contributed by atoms with Crippen molar-refractivity contribution in [1.29, 1.82) is 0 Å². The van der Waals surface area contributed by atoms with E-state index < -0.39 is 14.0 Å². The third kappa shape index (κ3) is 3.90. The smallest absolute Gasteiger partial charge is 0.223 e. The van der Waals surface area contributed by atoms with Crippen LogP contribution in [-0.2, 0) is 16.0 Å². The Morgan fingerprint density at radius 2 is 2.05 bits per heavy atom. The number of nitrogens with one attached hydrogen (secondary N) is 1. The maximum atomic E-state index is 12.5. The number of Topliss-reactive ketones (excluding diaryl/α,β-unsaturated/α-hetero) is 2. The summed E-state index contributed by atoms with van der Waals surface area (Å²) in [6.45, 7) is 7.55. The predicted octanol–water partition coefficient (Wildman–Crippen LogP) is 2.30. The summed E-state index contributed by atoms with van der Waals surface area (Å²) in [5.41, 5.74) is 3.68. The molecule has 0 fully saturated rings. The molecule has 1 unspecified atom stereocenters. The van der Waals surface area contributed by atoms with Crippen molar-refractivity contribution in [3.05, 3.63) is 10.6 Å². The van der Waals surface area contributed by atoms with Crippen LogP contribution < -0.4 is 5.32 Å². The molecule has 1 atom stereocenters. The average molecular weight is 334 g/mol. The molecular formula is C15H18N2O3SSi. The summed E-state index contributed by atoms with van der Waals surface area (Å²) in [6.07, 6.45) is 0.997. The van der Waals surface area contributed by atoms with Crippen molar-refractivity contribution in [1.82, 2.24) is 4.98 Å². The highest BCUT2D eigenvalue weighted by atomic mass is 32.1. The van der Waals surface area contributed by atoms with Gasteiger partial charge >= 0.3 is 0 Å². The minimum atomic E-state index is -1.64. The molecule has 22 heavy (non-hydrogen) atoms. The highest BCUT2D eigenvalue weighted by Gasteiger charge is 2.35. The standard InChI is InChI=1S/C15H18N2O3SSi/c1-9(18)16-15-17-11-6-5-10(13(20)14(11)21-15)12(19)7-8-22(2,3)4/h10H,5-6H2,1-4H3,(H,16,17,18). The number of aryl methyl sites for hydroxylation is 1. The number of hydrogen-bond donors (Lipinski definition) is 1. The van der Waals surface area contributed by atoms with Gasteiger partial charge < -0.3 is 5.32 Å². The van der Waals surface area contributed by atoms with Crippen LogP contribution in [-0.4, -0.2) is 30.5 Å². The normalized spacial score (nSPS) is 17.3. The Bertz CT molecular complexity index is 707. The molecule has 116 valence electrons. The Morgan fingerprint density at radius 3 is 2.64 bits per heavy atom. The van der Waals surface area contributed by atoms with E-state index in [1.807, 2.05) is 0 Å². The van der Waals surface area contributed by atoms with Crippen LogP contribution in [0.3, 0.4) is 0 Å². The first-order valence-corrected chi connectivity index (χ1v) is 11.4. The van der Waals surface area contributed by atoms with Crippen LogP contribution in [0.2, 0.25) is 19.6 Å². The van der Waals surface area contributed by atoms with Crippen LogP contribution in [0.1, 0.15) is 28.7 Å². The van der Waals surface area contributed by atoms with Crippen LogP contribution in [0.25, 0.3) is 0 Å². The first-order chi connectivity index (χ1) is 10.2. The van der Waals surface area contributed by atoms with Gasteiger partial charge in [0.15, 0.2) is 10.9 Å². The van der Waals surface area contributed by atoms with Gasteiger partial charge in [0.05, 0.1) is 16.5 Å². The van der Waals surface area contributed by atoms with E-state index in [-0.39, 0.29) is 17.5 Å². The van der Waals surface area contributed by atoms with E-state index in [9.17, 15) is 14.4 Å². The van der Waals surface area contributed by atoms with E-state index in [1.54, 1.807) is 0 Å². The third-order valence-corrected chi connectivity index (χ3v) is 4.97. The van der Waals surface area contributed by atoms with Gasteiger partial charge in [-0.15, -0.1) is 5.54 Å². The Morgan fingerprint density at radius 1 is 1.36 bits per heavy atom. The predicted molar refractivity (Wildman–Crippen MR) is 88.7 cm³/mol. The van der Waals surface area contributed by atoms with Gasteiger partial charge in [-0.2, -0.15) is 0 Å². The Hall–Kier alpha value is -1.78. The third-order valence-electron chi connectivity index (χ3n) is 3.07. The first-order valence-electron chi connectivity index (χ1n) is 7.06. The second-order valence-corrected chi connectivity index (χ2v) is 12.0. The number of carbonyl (C=O) groups is 3. The first kappa shape index (κ1) is 16.6. The van der Waals surface area contributed by atoms with Gasteiger partial charge in [-0.3, -0.25) is 14.4 Å². The molecule has 0 aliphatic heterocycles. The summed E-state index contributed by atoms with van der Waals surface area (Å²) in [7, 11) is -1.64. The number of thiazole rings is 1. The lowest BCUT2D eigenvalue weighted by molar-refractivity contribution is -0.116. The molecule has 2 rings (SSSR count). The largest absolute Gasteiger partial charge is 0.302 e. The summed E-state index contributed by atoms with van der Waals surface area (Å²) in [4.78, 5) is 40.4. The topological polar surface area (TPSA) is 76.1 Å². The molecule has 0 saturated heterocycles. The lowest BCUT2D eigenvalue weighted by atomic mass is 9.87. The summed E-state index contributed by atoms with van der Waals surface area (Å²) >= 11 is 1.13. The molecule has 1 aliphatic carbocycles. The van der Waals surface area contributed by atoms with Gasteiger partial charge in [0.1, 0.15) is 8.07 Å². The summed E-state index contributed by atoms with van der Waals surface area (Å²) in [5.74, 6) is 1.22. The van der Waals surface area contributed by atoms with Crippen LogP contribution in [0.5, 0.6) is 0 Å². The van der Waals surface area contributed by atoms with E-state index >= 15 is 0 Å². The molecule has 0 bridgehead atoms. The Kier molecular flexibility index (Phi) is 4.63. The number of ketones is 2. The summed E-state index contributed by atoms with van der Waals surface area (Å²) in [6, 6.07) is 0. The van der Waals surface area contributed by atoms with Gasteiger partial charge in [0, 0.05) is 6.92 Å². The highest BCUT2D eigenvalue weighted by Crippen LogP contribution is 2.32. The second-order valence-electron chi connectivity index (χ2n) is 6.30. The van der Waals surface area contributed by atoms with Gasteiger partial charge in [-0.05, 0) is 18.8 Å². The van der Waals surface area contributed by atoms with Gasteiger partial charge in [0.25, 0.3) is 0 Å². The number of amides is 1. The Balaban J connectivity index is 2.21. The van der Waals surface area contributed by atoms with Crippen LogP contribution in [0.4, 0.5) is 5.13 Å². The van der Waals surface area contributed by atoms with Crippen molar-refractivity contribution < 1.29 is 14.4 Å². The molecule has 1 aromatic heterocycles. The van der Waals surface area contributed by atoms with E-state index in [0.717, 1.165) is 11.3 Å². The Labute approximate surface area is 134 Å². The van der Waals surface area contributed by atoms with Gasteiger partial charge in [0.2, 0.25) is 11.7 Å². The minimum absolute atomic E-state index is 0.217. The lowest BCUT2D eigenvalue weighted by Gasteiger charge is -2.16. The highest BCUT2D eigenvalue weighted by molar-refractivity contribution is 7.17. The fourth-order valence-electron chi connectivity index (χ4n) is 2.07. The number of carbonyl (C=O) groups excluding carboxylic acids is 3. The molecule has 5 nitrogen and oxygen atoms in total. The van der Waals surface area contributed by atoms with Crippen molar-refractivity contribution in [3.63, 3.8) is 0 Å². The molecular weight excluding hydrogens is 316 g/mol. The van der Waals surface area contributed by atoms with Crippen molar-refractivity contribution in [2.45, 2.75) is 39.4 Å². The second kappa shape index (κ2) is 6.14. The van der Waals surface area contributed by atoms with Crippen molar-refractivity contribution in [2.24, 2.45) is 5.92 Å². The zero-order valence-corrected chi connectivity index (χ0v) is 14.9. The van der Waals surface area contributed by atoms with E-state index in [1.165, 1.54) is 6.92 Å².